The van der Waals surface area contributed by atoms with E-state index >= 15 is 0 Å². The van der Waals surface area contributed by atoms with Crippen molar-refractivity contribution in [2.24, 2.45) is 0 Å². The lowest BCUT2D eigenvalue weighted by Gasteiger charge is -2.19. The van der Waals surface area contributed by atoms with Crippen LogP contribution in [0.3, 0.4) is 0 Å². The minimum atomic E-state index is -3.60. The minimum Gasteiger partial charge on any atom is -0.389 e. The van der Waals surface area contributed by atoms with Gasteiger partial charge in [0.05, 0.1) is 12.7 Å². The highest BCUT2D eigenvalue weighted by atomic mass is 32.2. The summed E-state index contributed by atoms with van der Waals surface area (Å²) in [6.07, 6.45) is -0.857. The summed E-state index contributed by atoms with van der Waals surface area (Å²) >= 11 is 0. The first kappa shape index (κ1) is 16.1. The third-order valence-corrected chi connectivity index (χ3v) is 4.00. The van der Waals surface area contributed by atoms with Crippen LogP contribution in [-0.4, -0.2) is 51.2 Å². The van der Waals surface area contributed by atoms with Crippen LogP contribution < -0.4 is 4.72 Å². The Labute approximate surface area is 114 Å². The summed E-state index contributed by atoms with van der Waals surface area (Å²) in [5.41, 5.74) is 0.896. The summed E-state index contributed by atoms with van der Waals surface area (Å²) in [5, 5.41) is 9.41. The maximum absolute atomic E-state index is 11.9. The molecule has 1 aromatic carbocycles. The largest absolute Gasteiger partial charge is 0.389 e. The van der Waals surface area contributed by atoms with Gasteiger partial charge >= 0.3 is 0 Å². The number of nitrogens with one attached hydrogen (secondary N) is 1. The molecule has 0 aliphatic rings. The summed E-state index contributed by atoms with van der Waals surface area (Å²) in [6, 6.07) is 9.28. The molecule has 1 atom stereocenters. The lowest BCUT2D eigenvalue weighted by Crippen LogP contribution is -2.42. The average Bonchev–Trinajstić information content (AvgIpc) is 2.38. The van der Waals surface area contributed by atoms with Crippen molar-refractivity contribution in [2.45, 2.75) is 12.6 Å². The van der Waals surface area contributed by atoms with E-state index in [9.17, 15) is 13.5 Å². The van der Waals surface area contributed by atoms with E-state index < -0.39 is 16.3 Å². The van der Waals surface area contributed by atoms with Gasteiger partial charge in [-0.15, -0.1) is 0 Å². The van der Waals surface area contributed by atoms with Crippen LogP contribution in [0.15, 0.2) is 30.3 Å². The molecule has 0 aliphatic heterocycles. The topological polar surface area (TPSA) is 78.9 Å². The van der Waals surface area contributed by atoms with Crippen molar-refractivity contribution < 1.29 is 18.3 Å². The fourth-order valence-corrected chi connectivity index (χ4v) is 2.43. The third kappa shape index (κ3) is 5.66. The molecule has 7 heteroatoms. The van der Waals surface area contributed by atoms with E-state index in [0.29, 0.717) is 0 Å². The van der Waals surface area contributed by atoms with Crippen LogP contribution in [0.1, 0.15) is 5.56 Å². The third-order valence-electron chi connectivity index (χ3n) is 2.52. The smallest absolute Gasteiger partial charge is 0.279 e. The highest BCUT2D eigenvalue weighted by molar-refractivity contribution is 7.87. The van der Waals surface area contributed by atoms with Crippen molar-refractivity contribution in [2.75, 3.05) is 27.3 Å². The molecular formula is C12H20N2O4S. The van der Waals surface area contributed by atoms with Gasteiger partial charge in [0.2, 0.25) is 0 Å². The molecule has 0 saturated heterocycles. The van der Waals surface area contributed by atoms with Crippen molar-refractivity contribution >= 4 is 10.2 Å². The van der Waals surface area contributed by atoms with Crippen LogP contribution >= 0.6 is 0 Å². The Bertz CT molecular complexity index is 464. The highest BCUT2D eigenvalue weighted by Gasteiger charge is 2.18. The van der Waals surface area contributed by atoms with Crippen LogP contribution in [0.5, 0.6) is 0 Å². The second kappa shape index (κ2) is 7.56. The maximum atomic E-state index is 11.9. The van der Waals surface area contributed by atoms with Crippen molar-refractivity contribution in [3.8, 4) is 0 Å². The summed E-state index contributed by atoms with van der Waals surface area (Å²) in [6.45, 7) is 0.288. The van der Waals surface area contributed by atoms with E-state index in [1.54, 1.807) is 0 Å². The first-order valence-corrected chi connectivity index (χ1v) is 7.31. The van der Waals surface area contributed by atoms with Crippen molar-refractivity contribution in [3.63, 3.8) is 0 Å². The molecule has 19 heavy (non-hydrogen) atoms. The van der Waals surface area contributed by atoms with Gasteiger partial charge in [-0.2, -0.15) is 17.4 Å². The van der Waals surface area contributed by atoms with Crippen LogP contribution in [0.2, 0.25) is 0 Å². The van der Waals surface area contributed by atoms with Gasteiger partial charge in [0.1, 0.15) is 0 Å². The molecule has 0 aromatic heterocycles. The fraction of sp³-hybridized carbons (Fsp3) is 0.500. The number of benzene rings is 1. The monoisotopic (exact) mass is 288 g/mol. The number of hydrogen-bond acceptors (Lipinski definition) is 4. The number of aliphatic hydroxyl groups excluding tert-OH is 1. The lowest BCUT2D eigenvalue weighted by molar-refractivity contribution is 0.0677. The highest BCUT2D eigenvalue weighted by Crippen LogP contribution is 2.05. The van der Waals surface area contributed by atoms with E-state index in [1.807, 2.05) is 30.3 Å². The van der Waals surface area contributed by atoms with Crippen molar-refractivity contribution in [1.29, 1.82) is 0 Å². The fourth-order valence-electron chi connectivity index (χ4n) is 1.49. The van der Waals surface area contributed by atoms with E-state index in [2.05, 4.69) is 4.72 Å². The van der Waals surface area contributed by atoms with Gasteiger partial charge in [-0.1, -0.05) is 30.3 Å². The Morgan fingerprint density at radius 1 is 1.37 bits per heavy atom. The Hall–Kier alpha value is -0.990. The van der Waals surface area contributed by atoms with Gasteiger partial charge in [0.15, 0.2) is 0 Å². The molecule has 0 spiro atoms. The maximum Gasteiger partial charge on any atom is 0.279 e. The molecule has 6 nitrogen and oxygen atoms in total. The van der Waals surface area contributed by atoms with Gasteiger partial charge in [-0.25, -0.2) is 0 Å². The average molecular weight is 288 g/mol. The number of hydrogen-bond donors (Lipinski definition) is 2. The van der Waals surface area contributed by atoms with Gasteiger partial charge in [0, 0.05) is 27.2 Å². The summed E-state index contributed by atoms with van der Waals surface area (Å²) in [7, 11) is -0.676. The Morgan fingerprint density at radius 3 is 2.58 bits per heavy atom. The number of rotatable bonds is 8. The Morgan fingerprint density at radius 2 is 2.00 bits per heavy atom. The molecule has 0 aliphatic carbocycles. The normalized spacial score (nSPS) is 13.7. The quantitative estimate of drug-likeness (QED) is 0.703. The van der Waals surface area contributed by atoms with E-state index in [1.165, 1.54) is 18.5 Å². The zero-order chi connectivity index (χ0) is 14.3. The standard InChI is InChI=1S/C12H20N2O4S/c1-14(9-11-6-4-3-5-7-11)19(16,17)13-8-12(15)10-18-2/h3-7,12-13,15H,8-10H2,1-2H3. The predicted octanol–water partition coefficient (Wildman–Crippen LogP) is -0.0399. The molecule has 2 N–H and O–H groups in total. The zero-order valence-electron chi connectivity index (χ0n) is 11.1. The van der Waals surface area contributed by atoms with Crippen LogP contribution in [-0.2, 0) is 21.5 Å². The van der Waals surface area contributed by atoms with E-state index in [-0.39, 0.29) is 19.7 Å². The predicted molar refractivity (Wildman–Crippen MR) is 72.7 cm³/mol. The SMILES string of the molecule is COCC(O)CNS(=O)(=O)N(C)Cc1ccccc1. The molecule has 0 saturated carbocycles. The molecule has 0 radical (unpaired) electrons. The van der Waals surface area contributed by atoms with Gasteiger partial charge in [0.25, 0.3) is 10.2 Å². The number of nitrogens with zero attached hydrogens (tertiary/aromatic N) is 1. The Balaban J connectivity index is 2.52. The van der Waals surface area contributed by atoms with Crippen LogP contribution in [0.25, 0.3) is 0 Å². The molecule has 0 amide bonds. The molecule has 1 rings (SSSR count). The summed E-state index contributed by atoms with van der Waals surface area (Å²) in [5.74, 6) is 0. The van der Waals surface area contributed by atoms with Gasteiger partial charge < -0.3 is 9.84 Å². The summed E-state index contributed by atoms with van der Waals surface area (Å²) < 4.78 is 32.1. The lowest BCUT2D eigenvalue weighted by atomic mass is 10.2. The first-order chi connectivity index (χ1) is 8.95. The molecular weight excluding hydrogens is 268 g/mol. The molecule has 1 unspecified atom stereocenters. The summed E-state index contributed by atoms with van der Waals surface area (Å²) in [4.78, 5) is 0. The number of ether oxygens (including phenoxy) is 1. The number of aliphatic hydroxyl groups is 1. The Kier molecular flexibility index (Phi) is 6.40. The first-order valence-electron chi connectivity index (χ1n) is 5.87. The molecule has 0 heterocycles. The van der Waals surface area contributed by atoms with Gasteiger partial charge in [-0.3, -0.25) is 0 Å². The van der Waals surface area contributed by atoms with Crippen molar-refractivity contribution in [1.82, 2.24) is 9.03 Å². The second-order valence-electron chi connectivity index (χ2n) is 4.20. The molecule has 0 bridgehead atoms. The van der Waals surface area contributed by atoms with Gasteiger partial charge in [-0.05, 0) is 5.56 Å². The second-order valence-corrected chi connectivity index (χ2v) is 6.07. The van der Waals surface area contributed by atoms with Crippen LogP contribution in [0.4, 0.5) is 0 Å². The minimum absolute atomic E-state index is 0.0741. The van der Waals surface area contributed by atoms with Crippen molar-refractivity contribution in [3.05, 3.63) is 35.9 Å². The molecule has 0 fully saturated rings. The molecule has 1 aromatic rings. The zero-order valence-corrected chi connectivity index (χ0v) is 11.9. The number of methoxy groups -OCH3 is 1. The van der Waals surface area contributed by atoms with E-state index in [0.717, 1.165) is 5.56 Å². The molecule has 108 valence electrons. The van der Waals surface area contributed by atoms with Crippen LogP contribution in [0, 0.1) is 0 Å². The van der Waals surface area contributed by atoms with E-state index in [4.69, 9.17) is 4.74 Å².